The largest absolute Gasteiger partial charge is 0.394 e. The minimum atomic E-state index is -2.21. The molecule has 0 aromatic carbocycles. The van der Waals surface area contributed by atoms with Gasteiger partial charge in [0.25, 0.3) is 0 Å². The second kappa shape index (κ2) is 28.6. The van der Waals surface area contributed by atoms with Crippen molar-refractivity contribution in [3.05, 3.63) is 0 Å². The lowest BCUT2D eigenvalue weighted by atomic mass is 9.95. The van der Waals surface area contributed by atoms with Crippen LogP contribution in [-0.4, -0.2) is 368 Å². The van der Waals surface area contributed by atoms with Gasteiger partial charge in [-0.15, -0.1) is 0 Å². The maximum atomic E-state index is 11.3. The van der Waals surface area contributed by atoms with Crippen LogP contribution in [-0.2, 0) is 66.3 Å². The molecule has 35 unspecified atom stereocenters. The zero-order valence-electron chi connectivity index (χ0n) is 43.1. The lowest BCUT2D eigenvalue weighted by Crippen LogP contribution is -2.68. The molecule has 21 heterocycles. The first-order valence-electron chi connectivity index (χ1n) is 26.6. The van der Waals surface area contributed by atoms with Gasteiger partial charge in [-0.2, -0.15) is 0 Å². The molecule has 21 saturated heterocycles. The van der Waals surface area contributed by atoms with E-state index in [0.717, 1.165) is 0 Å². The smallest absolute Gasteiger partial charge is 0.187 e. The molecule has 22 rings (SSSR count). The molecule has 22 aliphatic rings. The Hall–Kier alpha value is -1.40. The molecule has 0 radical (unpaired) electrons. The number of ether oxygens (including phenoxy) is 14. The summed E-state index contributed by atoms with van der Waals surface area (Å²) in [5.74, 6) is 0. The average Bonchev–Trinajstić information content (AvgIpc) is 3.36. The summed E-state index contributed by atoms with van der Waals surface area (Å²) in [6, 6.07) is 0. The Bertz CT molecular complexity index is 1550. The van der Waals surface area contributed by atoms with Crippen molar-refractivity contribution in [3.63, 3.8) is 0 Å². The van der Waals surface area contributed by atoms with E-state index in [1.807, 2.05) is 0 Å². The van der Waals surface area contributed by atoms with Gasteiger partial charge in [0.15, 0.2) is 44.0 Å². The monoisotopic (exact) mass is 1200 g/mol. The Morgan fingerprint density at radius 2 is 0.296 bits per heavy atom. The first kappa shape index (κ1) is 65.6. The van der Waals surface area contributed by atoms with Crippen LogP contribution in [0.5, 0.6) is 0 Å². The Morgan fingerprint density at radius 3 is 0.383 bits per heavy atom. The number of hydrogen-bond acceptors (Lipinski definition) is 35. The van der Waals surface area contributed by atoms with E-state index in [2.05, 4.69) is 0 Å². The van der Waals surface area contributed by atoms with E-state index in [-0.39, 0.29) is 5.71 Å². The minimum Gasteiger partial charge on any atom is -0.394 e. The molecule has 0 aromatic heterocycles. The SMILES string of the molecule is C1CCC1.OCC1OC2OC3C(CO)OC(OC4C(CO)OC(OC5C(CO)OC(OC6C(CO)OC(OC7C(CO)OC(OC8C(CO)OC(OC1C(O)C2O)C(O)C8O)C(O)C7O)C(O)C6O)C(O)C5O)C(O)C4O)C(O)C3O.[HH].[HH].[HH].[HH]. The first-order valence-corrected chi connectivity index (χ1v) is 26.6. The Kier molecular flexibility index (Phi) is 23.2. The van der Waals surface area contributed by atoms with Gasteiger partial charge in [-0.1, -0.05) is 25.7 Å². The van der Waals surface area contributed by atoms with Gasteiger partial charge in [-0.3, -0.25) is 0 Å². The molecule has 81 heavy (non-hydrogen) atoms. The maximum Gasteiger partial charge on any atom is 0.187 e. The number of rotatable bonds is 7. The fourth-order valence-electron chi connectivity index (χ4n) is 10.7. The van der Waals surface area contributed by atoms with Crippen molar-refractivity contribution >= 4 is 0 Å². The second-order valence-corrected chi connectivity index (χ2v) is 21.1. The second-order valence-electron chi connectivity index (χ2n) is 21.1. The molecule has 14 bridgehead atoms. The average molecular weight is 1200 g/mol. The molecule has 21 N–H and O–H groups in total. The van der Waals surface area contributed by atoms with Crippen molar-refractivity contribution in [2.75, 3.05) is 46.2 Å². The topological polar surface area (TPSA) is 554 Å². The van der Waals surface area contributed by atoms with E-state index in [1.165, 1.54) is 25.7 Å². The molecule has 35 atom stereocenters. The Labute approximate surface area is 465 Å². The van der Waals surface area contributed by atoms with Crippen molar-refractivity contribution in [2.24, 2.45) is 0 Å². The van der Waals surface area contributed by atoms with Gasteiger partial charge in [-0.05, 0) is 0 Å². The van der Waals surface area contributed by atoms with E-state index in [0.29, 0.717) is 0 Å². The summed E-state index contributed by atoms with van der Waals surface area (Å²) in [7, 11) is 0. The third-order valence-corrected chi connectivity index (χ3v) is 15.8. The van der Waals surface area contributed by atoms with Crippen LogP contribution in [0.2, 0.25) is 0 Å². The third kappa shape index (κ3) is 13.5. The normalized spacial score (nSPS) is 53.8. The van der Waals surface area contributed by atoms with Crippen LogP contribution in [0.4, 0.5) is 0 Å². The summed E-state index contributed by atoms with van der Waals surface area (Å²) in [6.07, 6.45) is -64.2. The minimum absolute atomic E-state index is 0. The van der Waals surface area contributed by atoms with Crippen molar-refractivity contribution in [2.45, 2.75) is 241 Å². The summed E-state index contributed by atoms with van der Waals surface area (Å²) in [4.78, 5) is 0. The van der Waals surface area contributed by atoms with Crippen LogP contribution in [0.3, 0.4) is 0 Å². The van der Waals surface area contributed by atoms with Gasteiger partial charge in [0, 0.05) is 5.71 Å². The fraction of sp³-hybridized carbons (Fsp3) is 1.00. The molecule has 480 valence electrons. The highest BCUT2D eigenvalue weighted by atomic mass is 16.8. The zero-order valence-corrected chi connectivity index (χ0v) is 43.1. The molecule has 0 spiro atoms. The van der Waals surface area contributed by atoms with Gasteiger partial charge in [0.05, 0.1) is 46.2 Å². The Balaban J connectivity index is 0.00000186. The van der Waals surface area contributed by atoms with Crippen LogP contribution in [0.1, 0.15) is 31.4 Å². The molecular formula is C46H86O35. The predicted octanol–water partition coefficient (Wildman–Crippen LogP) is -12.7. The van der Waals surface area contributed by atoms with Crippen molar-refractivity contribution in [1.82, 2.24) is 0 Å². The number of aliphatic hydroxyl groups excluding tert-OH is 21. The fourth-order valence-corrected chi connectivity index (χ4v) is 10.7. The summed E-state index contributed by atoms with van der Waals surface area (Å²) in [5, 5.41) is 230. The van der Waals surface area contributed by atoms with Crippen LogP contribution < -0.4 is 0 Å². The van der Waals surface area contributed by atoms with Crippen LogP contribution in [0, 0.1) is 0 Å². The highest BCUT2D eigenvalue weighted by Crippen LogP contribution is 2.39. The zero-order chi connectivity index (χ0) is 58.9. The summed E-state index contributed by atoms with van der Waals surface area (Å²) >= 11 is 0. The molecule has 1 aliphatic carbocycles. The lowest BCUT2D eigenvalue weighted by molar-refractivity contribution is -0.396. The van der Waals surface area contributed by atoms with Crippen LogP contribution in [0.15, 0.2) is 0 Å². The van der Waals surface area contributed by atoms with E-state index in [9.17, 15) is 107 Å². The van der Waals surface area contributed by atoms with E-state index in [4.69, 9.17) is 66.3 Å². The van der Waals surface area contributed by atoms with Gasteiger partial charge in [0.1, 0.15) is 171 Å². The van der Waals surface area contributed by atoms with Crippen molar-refractivity contribution in [1.29, 1.82) is 0 Å². The van der Waals surface area contributed by atoms with Crippen LogP contribution >= 0.6 is 0 Å². The van der Waals surface area contributed by atoms with Gasteiger partial charge < -0.3 is 174 Å². The van der Waals surface area contributed by atoms with Gasteiger partial charge >= 0.3 is 0 Å². The molecule has 1 saturated carbocycles. The van der Waals surface area contributed by atoms with Gasteiger partial charge in [-0.25, -0.2) is 0 Å². The lowest BCUT2D eigenvalue weighted by Gasteiger charge is -2.50. The standard InChI is InChI=1S/C42H70O35.C4H8.4H2/c43-1-8-29-15(50)22(57)36(64-8)72-30-9(2-44)66-38(24(59)17(30)52)74-32-11(4-46)68-40(26(61)19(32)54)76-34-13(6-48)70-42(28(63)21(34)56)77-35-14(7-49)69-41(27(62)20(35)55)75-33-12(5-47)67-39(25(60)18(33)53)73-31-10(3-45)65-37(71-29)23(58)16(31)51;1-2-4-3-1;;;;/h8-63H,1-7H2;1-4H2;4*1H. The molecule has 0 aromatic rings. The molecular weight excluding hydrogens is 1110 g/mol. The van der Waals surface area contributed by atoms with Crippen molar-refractivity contribution in [3.8, 4) is 0 Å². The molecule has 35 heteroatoms. The summed E-state index contributed by atoms with van der Waals surface area (Å²) in [6.45, 7) is -7.33. The quantitative estimate of drug-likeness (QED) is 0.113. The first-order chi connectivity index (χ1) is 38.7. The molecule has 21 aliphatic heterocycles. The molecule has 35 nitrogen and oxygen atoms in total. The van der Waals surface area contributed by atoms with Crippen LogP contribution in [0.25, 0.3) is 0 Å². The maximum absolute atomic E-state index is 11.3. The highest BCUT2D eigenvalue weighted by molar-refractivity contribution is 5.01. The van der Waals surface area contributed by atoms with E-state index in [1.54, 1.807) is 0 Å². The predicted molar refractivity (Wildman–Crippen MR) is 255 cm³/mol. The van der Waals surface area contributed by atoms with Gasteiger partial charge in [0.2, 0.25) is 0 Å². The summed E-state index contributed by atoms with van der Waals surface area (Å²) < 4.78 is 79.5. The van der Waals surface area contributed by atoms with E-state index >= 15 is 0 Å². The highest BCUT2D eigenvalue weighted by Gasteiger charge is 2.59. The number of aliphatic hydroxyl groups is 21. The third-order valence-electron chi connectivity index (χ3n) is 15.8. The van der Waals surface area contributed by atoms with Crippen molar-refractivity contribution < 1.29 is 179 Å². The molecule has 22 fully saturated rings. The Morgan fingerprint density at radius 1 is 0.185 bits per heavy atom. The number of hydrogen-bond donors (Lipinski definition) is 21. The van der Waals surface area contributed by atoms with E-state index < -0.39 is 261 Å². The molecule has 0 amide bonds. The summed E-state index contributed by atoms with van der Waals surface area (Å²) in [5.41, 5.74) is 0.